The molecule has 2 heterocycles. The Hall–Kier alpha value is -13.8. The van der Waals surface area contributed by atoms with Crippen molar-refractivity contribution in [1.29, 1.82) is 0 Å². The van der Waals surface area contributed by atoms with Crippen molar-refractivity contribution in [3.05, 3.63) is 421 Å². The van der Waals surface area contributed by atoms with Crippen LogP contribution in [0.4, 0.5) is 34.1 Å². The van der Waals surface area contributed by atoms with E-state index in [2.05, 4.69) is 386 Å². The normalized spacial score (nSPS) is 15.2. The monoisotopic (exact) mass is 1350 g/mol. The first-order valence-electron chi connectivity index (χ1n) is 36.7. The van der Waals surface area contributed by atoms with Gasteiger partial charge in [-0.05, 0) is 206 Å². The van der Waals surface area contributed by atoms with E-state index in [1.165, 1.54) is 105 Å². The third-order valence-corrected chi connectivity index (χ3v) is 23.7. The summed E-state index contributed by atoms with van der Waals surface area (Å²) >= 11 is 0. The van der Waals surface area contributed by atoms with Crippen LogP contribution in [-0.2, 0) is 10.8 Å². The molecule has 0 saturated carbocycles. The number of anilines is 6. The maximum atomic E-state index is 7.65. The van der Waals surface area contributed by atoms with E-state index in [0.717, 1.165) is 107 Å². The number of rotatable bonds is 9. The molecule has 4 heteroatoms. The van der Waals surface area contributed by atoms with Crippen LogP contribution in [0.5, 0.6) is 0 Å². The fraction of sp³-hybridized carbons (Fsp3) is 0.0196. The summed E-state index contributed by atoms with van der Waals surface area (Å²) in [5.41, 5.74) is 30.6. The molecule has 0 radical (unpaired) electrons. The van der Waals surface area contributed by atoms with Crippen LogP contribution < -0.4 is 9.80 Å². The maximum absolute atomic E-state index is 7.65. The van der Waals surface area contributed by atoms with Gasteiger partial charge in [-0.1, -0.05) is 291 Å². The SMILES string of the molecule is c1ccc(-c2ccc(N(c3ccc4c(c3)C3(c5ccccc5-4)c4ccccc4-c4oc5ccccc5c43)c3ccccc3-c3ccc(-c4ccc5c6c(oc5c4)C4(c5ccccc5-c5ccc(N(c7ccccc7)c7ccc8c9ccccc9c9ccccc9c8c7)cc54)c4ccccc4-6)cc3)cc2)cc1. The molecule has 0 fully saturated rings. The summed E-state index contributed by atoms with van der Waals surface area (Å²) < 4.78 is 14.6. The molecular formula is C102H62N2O2. The Morgan fingerprint density at radius 1 is 0.208 bits per heavy atom. The summed E-state index contributed by atoms with van der Waals surface area (Å²) in [6.07, 6.45) is 0. The van der Waals surface area contributed by atoms with Gasteiger partial charge in [0.05, 0.1) is 11.1 Å². The maximum Gasteiger partial charge on any atom is 0.140 e. The molecule has 0 amide bonds. The Balaban J connectivity index is 0.648. The number of hydrogen-bond donors (Lipinski definition) is 0. The van der Waals surface area contributed by atoms with Gasteiger partial charge in [-0.2, -0.15) is 0 Å². The third-order valence-electron chi connectivity index (χ3n) is 23.7. The Kier molecular flexibility index (Phi) is 12.4. The Morgan fingerprint density at radius 3 is 1.30 bits per heavy atom. The molecular weight excluding hydrogens is 1290 g/mol. The van der Waals surface area contributed by atoms with Crippen LogP contribution >= 0.6 is 0 Å². The fourth-order valence-electron chi connectivity index (χ4n) is 19.3. The van der Waals surface area contributed by atoms with Gasteiger partial charge in [-0.15, -0.1) is 0 Å². The van der Waals surface area contributed by atoms with Crippen LogP contribution in [0.3, 0.4) is 0 Å². The van der Waals surface area contributed by atoms with E-state index in [1.54, 1.807) is 0 Å². The van der Waals surface area contributed by atoms with Crippen LogP contribution in [0.25, 0.3) is 132 Å². The quantitative estimate of drug-likeness (QED) is 0.135. The Bertz CT molecular complexity index is 6870. The minimum atomic E-state index is -0.743. The molecule has 0 N–H and O–H groups in total. The van der Waals surface area contributed by atoms with Crippen molar-refractivity contribution in [2.24, 2.45) is 0 Å². The number of nitrogens with zero attached hydrogens (tertiary/aromatic N) is 2. The van der Waals surface area contributed by atoms with E-state index in [0.29, 0.717) is 0 Å². The molecule has 0 aliphatic heterocycles. The van der Waals surface area contributed by atoms with E-state index in [-0.39, 0.29) is 0 Å². The van der Waals surface area contributed by atoms with Crippen LogP contribution in [0.2, 0.25) is 0 Å². The minimum absolute atomic E-state index is 0.626. The summed E-state index contributed by atoms with van der Waals surface area (Å²) in [6, 6.07) is 139. The zero-order valence-electron chi connectivity index (χ0n) is 57.5. The van der Waals surface area contributed by atoms with Crippen molar-refractivity contribution >= 4 is 88.4 Å². The topological polar surface area (TPSA) is 32.8 Å². The zero-order valence-corrected chi connectivity index (χ0v) is 57.5. The van der Waals surface area contributed by atoms with E-state index < -0.39 is 10.8 Å². The summed E-state index contributed by atoms with van der Waals surface area (Å²) in [6.45, 7) is 0. The highest BCUT2D eigenvalue weighted by molar-refractivity contribution is 6.26. The molecule has 2 unspecified atom stereocenters. The molecule has 2 spiro atoms. The van der Waals surface area contributed by atoms with Crippen molar-refractivity contribution in [3.8, 4) is 78.1 Å². The molecule has 4 nitrogen and oxygen atoms in total. The van der Waals surface area contributed by atoms with Crippen molar-refractivity contribution in [1.82, 2.24) is 0 Å². The Labute approximate surface area is 612 Å². The number of fused-ring (bicyclic) bond motifs is 30. The number of benzene rings is 17. The zero-order chi connectivity index (χ0) is 69.3. The molecule has 2 atom stereocenters. The molecule has 2 aromatic heterocycles. The predicted molar refractivity (Wildman–Crippen MR) is 437 cm³/mol. The average Bonchev–Trinajstić information content (AvgIpc) is 1.50. The highest BCUT2D eigenvalue weighted by Crippen LogP contribution is 2.68. The average molecular weight is 1350 g/mol. The fourth-order valence-corrected chi connectivity index (χ4v) is 19.3. The Morgan fingerprint density at radius 2 is 0.623 bits per heavy atom. The number of hydrogen-bond acceptors (Lipinski definition) is 4. The van der Waals surface area contributed by atoms with Crippen LogP contribution in [0.1, 0.15) is 44.7 Å². The van der Waals surface area contributed by atoms with Gasteiger partial charge in [-0.3, -0.25) is 0 Å². The van der Waals surface area contributed by atoms with E-state index in [9.17, 15) is 0 Å². The van der Waals surface area contributed by atoms with E-state index in [4.69, 9.17) is 8.83 Å². The summed E-state index contributed by atoms with van der Waals surface area (Å²) in [7, 11) is 0. The molecule has 4 aliphatic carbocycles. The lowest BCUT2D eigenvalue weighted by atomic mass is 9.70. The lowest BCUT2D eigenvalue weighted by Crippen LogP contribution is -2.26. The summed E-state index contributed by atoms with van der Waals surface area (Å²) in [4.78, 5) is 4.90. The van der Waals surface area contributed by atoms with E-state index in [1.807, 2.05) is 0 Å². The molecule has 4 aliphatic rings. The minimum Gasteiger partial charge on any atom is -0.459 e. The van der Waals surface area contributed by atoms with Gasteiger partial charge in [-0.25, -0.2) is 0 Å². The largest absolute Gasteiger partial charge is 0.459 e. The van der Waals surface area contributed by atoms with Crippen molar-refractivity contribution in [2.45, 2.75) is 10.8 Å². The van der Waals surface area contributed by atoms with Crippen molar-refractivity contribution in [3.63, 3.8) is 0 Å². The van der Waals surface area contributed by atoms with Gasteiger partial charge >= 0.3 is 0 Å². The highest BCUT2D eigenvalue weighted by Gasteiger charge is 2.57. The van der Waals surface area contributed by atoms with Gasteiger partial charge in [0.1, 0.15) is 28.1 Å². The molecule has 23 rings (SSSR count). The highest BCUT2D eigenvalue weighted by atomic mass is 16.3. The molecule has 492 valence electrons. The van der Waals surface area contributed by atoms with Crippen molar-refractivity contribution < 1.29 is 8.83 Å². The van der Waals surface area contributed by atoms with Gasteiger partial charge < -0.3 is 18.6 Å². The van der Waals surface area contributed by atoms with Gasteiger partial charge in [0.2, 0.25) is 0 Å². The van der Waals surface area contributed by atoms with Gasteiger partial charge in [0.15, 0.2) is 0 Å². The second-order valence-electron chi connectivity index (χ2n) is 28.8. The van der Waals surface area contributed by atoms with Gasteiger partial charge in [0, 0.05) is 61.5 Å². The molecule has 0 bridgehead atoms. The first-order chi connectivity index (χ1) is 52.6. The molecule has 19 aromatic rings. The second-order valence-corrected chi connectivity index (χ2v) is 28.8. The second kappa shape index (κ2) is 22.4. The lowest BCUT2D eigenvalue weighted by Gasteiger charge is -2.32. The first kappa shape index (κ1) is 58.8. The van der Waals surface area contributed by atoms with Crippen LogP contribution in [-0.4, -0.2) is 0 Å². The standard InChI is InChI=1S/C102H62N2O2/c1-3-23-63(24-4-1)64-47-50-69(51-48-64)104(72-54-58-81-79-32-11-17-37-88(79)101(92(81)62-72)91-40-20-14-35-84(91)99-98(101)86-36-16-22-42-95(86)105-99)94-41-21-15-27-73(94)66-45-43-65(44-46-66)67-49-55-85-96(59-67)106-100-97(85)83-34-13-19-39-90(83)102(100)89-38-18-12-33-80(89)82-57-53-71(61-93(82)102)103(68-25-5-2-6-26-68)70-52-56-78-76-30-8-7-28-74(76)75-29-9-10-31-77(75)87(78)60-70/h1-62H. The first-order valence-corrected chi connectivity index (χ1v) is 36.7. The lowest BCUT2D eigenvalue weighted by molar-refractivity contribution is 0.507. The van der Waals surface area contributed by atoms with Gasteiger partial charge in [0.25, 0.3) is 0 Å². The molecule has 0 saturated heterocycles. The number of para-hydroxylation sites is 3. The smallest absolute Gasteiger partial charge is 0.140 e. The third kappa shape index (κ3) is 8.07. The predicted octanol–water partition coefficient (Wildman–Crippen LogP) is 27.3. The van der Waals surface area contributed by atoms with Crippen molar-refractivity contribution in [2.75, 3.05) is 9.80 Å². The van der Waals surface area contributed by atoms with E-state index >= 15 is 0 Å². The van der Waals surface area contributed by atoms with Crippen LogP contribution in [0.15, 0.2) is 385 Å². The summed E-state index contributed by atoms with van der Waals surface area (Å²) in [5, 5.41) is 9.74. The summed E-state index contributed by atoms with van der Waals surface area (Å²) in [5.74, 6) is 1.91. The molecule has 106 heavy (non-hydrogen) atoms. The number of furan rings is 2. The van der Waals surface area contributed by atoms with Crippen LogP contribution in [0, 0.1) is 0 Å². The molecule has 17 aromatic carbocycles.